The highest BCUT2D eigenvalue weighted by atomic mass is 31.2. The summed E-state index contributed by atoms with van der Waals surface area (Å²) in [5.74, 6) is -3.99. The van der Waals surface area contributed by atoms with Crippen molar-refractivity contribution in [3.8, 4) is 0 Å². The topological polar surface area (TPSA) is 235 Å². The maximum Gasteiger partial charge on any atom is 0.472 e. The Morgan fingerprint density at radius 2 is 1.56 bits per heavy atom. The fraction of sp³-hybridized carbons (Fsp3) is 0.682. The summed E-state index contributed by atoms with van der Waals surface area (Å²) in [6, 6.07) is -1.10. The molecule has 0 saturated heterocycles. The van der Waals surface area contributed by atoms with Gasteiger partial charge in [-0.1, -0.05) is 6.30 Å². The van der Waals surface area contributed by atoms with Gasteiger partial charge in [0.2, 0.25) is 0 Å². The van der Waals surface area contributed by atoms with Gasteiger partial charge in [-0.25, -0.2) is 4.57 Å². The van der Waals surface area contributed by atoms with E-state index in [0.29, 0.717) is 32.0 Å². The van der Waals surface area contributed by atoms with Gasteiger partial charge in [0.15, 0.2) is 6.29 Å². The second kappa shape index (κ2) is 17.8. The van der Waals surface area contributed by atoms with E-state index in [1.54, 1.807) is 0 Å². The number of carbonyl (C=O) groups is 4. The molecule has 0 heterocycles. The summed E-state index contributed by atoms with van der Waals surface area (Å²) in [4.78, 5) is 58.4. The predicted octanol–water partition coefficient (Wildman–Crippen LogP) is -0.479. The maximum atomic E-state index is 12.8. The Kier molecular flexibility index (Phi) is 16.1. The zero-order valence-corrected chi connectivity index (χ0v) is 25.2. The van der Waals surface area contributed by atoms with Gasteiger partial charge < -0.3 is 45.0 Å². The van der Waals surface area contributed by atoms with E-state index in [2.05, 4.69) is 15.5 Å². The van der Waals surface area contributed by atoms with Gasteiger partial charge in [-0.15, -0.1) is 17.4 Å². The van der Waals surface area contributed by atoms with Crippen LogP contribution in [0.4, 0.5) is 0 Å². The van der Waals surface area contributed by atoms with Gasteiger partial charge in [0.25, 0.3) is 0 Å². The van der Waals surface area contributed by atoms with Crippen LogP contribution in [0, 0.1) is 0 Å². The Bertz CT molecular complexity index is 960. The number of aldehydes is 1. The summed E-state index contributed by atoms with van der Waals surface area (Å²) in [6.45, 7) is -3.95. The quantitative estimate of drug-likeness (QED) is 0.0525. The van der Waals surface area contributed by atoms with Crippen LogP contribution in [0.3, 0.4) is 0 Å². The molecule has 0 aromatic rings. The first-order chi connectivity index (χ1) is 19.1. The molecular formula is C22H38N3O13P3. The van der Waals surface area contributed by atoms with Crippen molar-refractivity contribution in [1.29, 1.82) is 0 Å². The van der Waals surface area contributed by atoms with Crippen LogP contribution in [0.1, 0.15) is 25.7 Å². The predicted molar refractivity (Wildman–Crippen MR) is 150 cm³/mol. The molecule has 1 fully saturated rings. The molecule has 0 spiro atoms. The molecule has 3 unspecified atom stereocenters. The number of nitrogens with zero attached hydrogens (tertiary/aromatic N) is 3. The second-order valence-electron chi connectivity index (χ2n) is 9.40. The highest BCUT2D eigenvalue weighted by Gasteiger charge is 2.35. The monoisotopic (exact) mass is 645 g/mol. The molecule has 234 valence electrons. The van der Waals surface area contributed by atoms with Crippen molar-refractivity contribution in [2.24, 2.45) is 0 Å². The van der Waals surface area contributed by atoms with E-state index in [4.69, 9.17) is 19.3 Å². The third kappa shape index (κ3) is 15.7. The highest BCUT2D eigenvalue weighted by molar-refractivity contribution is 7.50. The smallest absolute Gasteiger partial charge is 0.472 e. The van der Waals surface area contributed by atoms with Crippen LogP contribution >= 0.6 is 25.3 Å². The molecule has 0 amide bonds. The number of rotatable bonds is 21. The van der Waals surface area contributed by atoms with Crippen LogP contribution < -0.4 is 0 Å². The normalized spacial score (nSPS) is 21.6. The molecule has 1 saturated carbocycles. The summed E-state index contributed by atoms with van der Waals surface area (Å²) in [5.41, 5.74) is 0. The van der Waals surface area contributed by atoms with Gasteiger partial charge in [0, 0.05) is 23.8 Å². The van der Waals surface area contributed by atoms with E-state index in [1.165, 1.54) is 4.90 Å². The van der Waals surface area contributed by atoms with Gasteiger partial charge in [-0.05, 0) is 25.7 Å². The lowest BCUT2D eigenvalue weighted by molar-refractivity contribution is -0.141. The Morgan fingerprint density at radius 3 is 2.02 bits per heavy atom. The Labute approximate surface area is 241 Å². The van der Waals surface area contributed by atoms with E-state index in [9.17, 15) is 44.0 Å². The number of aliphatic carboxylic acids is 3. The molecule has 0 aromatic carbocycles. The Balaban J connectivity index is 3.13. The first-order valence-corrected chi connectivity index (χ1v) is 15.5. The molecule has 0 bridgehead atoms. The van der Waals surface area contributed by atoms with Crippen molar-refractivity contribution in [2.45, 2.75) is 49.0 Å². The van der Waals surface area contributed by atoms with Crippen molar-refractivity contribution in [3.63, 3.8) is 0 Å². The first kappa shape index (κ1) is 37.0. The summed E-state index contributed by atoms with van der Waals surface area (Å²) in [7, 11) is -0.982. The Morgan fingerprint density at radius 1 is 1.02 bits per heavy atom. The van der Waals surface area contributed by atoms with Crippen LogP contribution in [0.2, 0.25) is 0 Å². The van der Waals surface area contributed by atoms with Crippen molar-refractivity contribution in [3.05, 3.63) is 12.4 Å². The lowest BCUT2D eigenvalue weighted by Crippen LogP contribution is -2.49. The molecule has 0 radical (unpaired) electrons. The van der Waals surface area contributed by atoms with Crippen LogP contribution in [0.25, 0.3) is 0 Å². The highest BCUT2D eigenvalue weighted by Crippen LogP contribution is 2.50. The van der Waals surface area contributed by atoms with Gasteiger partial charge in [-0.2, -0.15) is 0 Å². The lowest BCUT2D eigenvalue weighted by atomic mass is 9.97. The summed E-state index contributed by atoms with van der Waals surface area (Å²) in [6.07, 6.45) is 6.35. The number of phosphoric acid groups is 1. The van der Waals surface area contributed by atoms with Crippen LogP contribution in [-0.4, -0.2) is 145 Å². The molecular weight excluding hydrogens is 607 g/mol. The van der Waals surface area contributed by atoms with Crippen LogP contribution in [0.15, 0.2) is 12.4 Å². The van der Waals surface area contributed by atoms with Gasteiger partial charge in [0.1, 0.15) is 19.4 Å². The van der Waals surface area contributed by atoms with Crippen LogP contribution in [-0.2, 0) is 32.8 Å². The molecule has 19 heteroatoms. The number of carboxylic acid groups (broad SMARTS) is 3. The summed E-state index contributed by atoms with van der Waals surface area (Å²) >= 11 is 0. The van der Waals surface area contributed by atoms with Crippen molar-refractivity contribution in [2.75, 3.05) is 45.9 Å². The molecule has 1 rings (SSSR count). The second-order valence-corrected chi connectivity index (χ2v) is 13.6. The number of hydrogen-bond acceptors (Lipinski definition) is 12. The van der Waals surface area contributed by atoms with Gasteiger partial charge in [0.05, 0.1) is 38.4 Å². The van der Waals surface area contributed by atoms with Crippen LogP contribution in [0.5, 0.6) is 0 Å². The van der Waals surface area contributed by atoms with Crippen molar-refractivity contribution >= 4 is 55.8 Å². The molecule has 1 aliphatic rings. The van der Waals surface area contributed by atoms with Gasteiger partial charge >= 0.3 is 25.7 Å². The van der Waals surface area contributed by atoms with E-state index in [0.717, 1.165) is 30.4 Å². The molecule has 0 aromatic heterocycles. The fourth-order valence-electron chi connectivity index (χ4n) is 4.01. The molecule has 3 atom stereocenters. The van der Waals surface area contributed by atoms with E-state index in [1.807, 2.05) is 0 Å². The number of phosphoric ester groups is 1. The molecule has 6 N–H and O–H groups in total. The summed E-state index contributed by atoms with van der Waals surface area (Å²) in [5, 5.41) is 46.5. The molecule has 16 nitrogen and oxygen atoms in total. The number of carboxylic acids is 3. The zero-order valence-electron chi connectivity index (χ0n) is 22.3. The van der Waals surface area contributed by atoms with E-state index >= 15 is 0 Å². The average Bonchev–Trinajstić information content (AvgIpc) is 2.84. The first-order valence-electron chi connectivity index (χ1n) is 12.4. The number of carbonyl (C=O) groups excluding carboxylic acids is 1. The average molecular weight is 645 g/mol. The third-order valence-corrected chi connectivity index (χ3v) is 9.24. The maximum absolute atomic E-state index is 12.8. The summed E-state index contributed by atoms with van der Waals surface area (Å²) < 4.78 is 23.3. The number of aliphatic hydroxyl groups excluding tert-OH is 1. The van der Waals surface area contributed by atoms with Crippen molar-refractivity contribution < 1.29 is 63.2 Å². The molecule has 1 aliphatic carbocycles. The van der Waals surface area contributed by atoms with Crippen molar-refractivity contribution in [1.82, 2.24) is 14.7 Å². The minimum atomic E-state index is -4.65. The largest absolute Gasteiger partial charge is 0.480 e. The zero-order chi connectivity index (χ0) is 31.2. The third-order valence-electron chi connectivity index (χ3n) is 6.00. The standard InChI is InChI=1S/C22H38N3O13P3/c1-40-22(39)4-2-17(3-5-22)38-41(35,36)37-15-16(25(8-9-26)14-21(33)34)10-23(11-18(27)28)6-7-24(12-19(29)30)13-20(31)32/h6-7,9,16-18,27-28H,1-5,8,10-15,39H2,(H,29,30)(H,31,32)(H,33,34)(H,35,36)/b7-6-. The number of hydrogen-bond donors (Lipinski definition) is 6. The van der Waals surface area contributed by atoms with E-state index < -0.39 is 83.5 Å². The molecule has 41 heavy (non-hydrogen) atoms. The van der Waals surface area contributed by atoms with Gasteiger partial charge in [-0.3, -0.25) is 28.3 Å². The minimum absolute atomic E-state index is 0.101. The lowest BCUT2D eigenvalue weighted by Gasteiger charge is -2.35. The SMILES string of the molecule is C=PC1(P)CCC(OP(=O)(O)OCC(CN(/C=C\N(CC(=O)O)CC(=O)O)CC(O)O)N(CC=O)CC(=O)O)CC1. The fourth-order valence-corrected chi connectivity index (χ4v) is 5.93. The number of aliphatic hydroxyl groups is 2. The van der Waals surface area contributed by atoms with E-state index in [-0.39, 0.29) is 11.4 Å². The minimum Gasteiger partial charge on any atom is -0.480 e. The Hall–Kier alpha value is -1.99. The molecule has 0 aliphatic heterocycles.